The molecule has 4 heteroatoms. The number of halogens is 1. The van der Waals surface area contributed by atoms with Crippen molar-refractivity contribution in [3.8, 4) is 0 Å². The number of alkyl halides is 1. The van der Waals surface area contributed by atoms with Crippen LogP contribution in [-0.4, -0.2) is 31.7 Å². The molecule has 3 nitrogen and oxygen atoms in total. The fourth-order valence-electron chi connectivity index (χ4n) is 1.21. The van der Waals surface area contributed by atoms with Crippen molar-refractivity contribution in [2.45, 2.75) is 5.38 Å². The van der Waals surface area contributed by atoms with Crippen LogP contribution in [0, 0.1) is 0 Å². The fraction of sp³-hybridized carbons (Fsp3) is 0.308. The minimum atomic E-state index is -0.550. The standard InChI is InChI=1S/C13H16ClNO2/c1-10(13(16)17-9-15(2)3)12(14)11-7-5-4-6-8-11/h4-8,12H,1,9H2,2-3H3. The molecule has 1 aromatic rings. The summed E-state index contributed by atoms with van der Waals surface area (Å²) in [5.74, 6) is -0.470. The Morgan fingerprint density at radius 3 is 2.53 bits per heavy atom. The molecular formula is C13H16ClNO2. The predicted molar refractivity (Wildman–Crippen MR) is 68.8 cm³/mol. The molecule has 1 unspecified atom stereocenters. The van der Waals surface area contributed by atoms with Crippen LogP contribution in [-0.2, 0) is 9.53 Å². The number of esters is 1. The molecule has 0 bridgehead atoms. The van der Waals surface area contributed by atoms with Gasteiger partial charge in [-0.2, -0.15) is 0 Å². The number of rotatable bonds is 5. The lowest BCUT2D eigenvalue weighted by Crippen LogP contribution is -2.21. The molecule has 0 saturated heterocycles. The van der Waals surface area contributed by atoms with E-state index in [-0.39, 0.29) is 12.3 Å². The van der Waals surface area contributed by atoms with Crippen molar-refractivity contribution in [2.75, 3.05) is 20.8 Å². The minimum Gasteiger partial charge on any atom is -0.446 e. The van der Waals surface area contributed by atoms with Crippen molar-refractivity contribution in [3.63, 3.8) is 0 Å². The summed E-state index contributed by atoms with van der Waals surface area (Å²) in [6.07, 6.45) is 0. The first kappa shape index (κ1) is 13.7. The van der Waals surface area contributed by atoms with E-state index in [2.05, 4.69) is 6.58 Å². The number of ether oxygens (including phenoxy) is 1. The zero-order valence-corrected chi connectivity index (χ0v) is 10.8. The van der Waals surface area contributed by atoms with Gasteiger partial charge in [0.2, 0.25) is 0 Å². The Morgan fingerprint density at radius 2 is 2.00 bits per heavy atom. The zero-order valence-electron chi connectivity index (χ0n) is 10.0. The fourth-order valence-corrected chi connectivity index (χ4v) is 1.44. The Bertz CT molecular complexity index is 390. The van der Waals surface area contributed by atoms with Gasteiger partial charge in [0.25, 0.3) is 0 Å². The molecule has 0 saturated carbocycles. The molecule has 0 radical (unpaired) electrons. The van der Waals surface area contributed by atoms with E-state index in [9.17, 15) is 4.79 Å². The first-order valence-corrected chi connectivity index (χ1v) is 5.65. The second kappa shape index (κ2) is 6.42. The van der Waals surface area contributed by atoms with E-state index in [0.717, 1.165) is 5.56 Å². The summed E-state index contributed by atoms with van der Waals surface area (Å²) in [5.41, 5.74) is 1.08. The summed E-state index contributed by atoms with van der Waals surface area (Å²) in [6, 6.07) is 9.32. The number of carbonyl (C=O) groups excluding carboxylic acids is 1. The summed E-state index contributed by atoms with van der Waals surface area (Å²) >= 11 is 6.15. The van der Waals surface area contributed by atoms with Crippen LogP contribution in [0.1, 0.15) is 10.9 Å². The highest BCUT2D eigenvalue weighted by Gasteiger charge is 2.19. The van der Waals surface area contributed by atoms with Crippen LogP contribution < -0.4 is 0 Å². The quantitative estimate of drug-likeness (QED) is 0.350. The third-order valence-corrected chi connectivity index (χ3v) is 2.63. The maximum atomic E-state index is 11.6. The third-order valence-electron chi connectivity index (χ3n) is 2.11. The van der Waals surface area contributed by atoms with Crippen molar-refractivity contribution in [2.24, 2.45) is 0 Å². The third kappa shape index (κ3) is 4.21. The number of hydrogen-bond donors (Lipinski definition) is 0. The molecule has 17 heavy (non-hydrogen) atoms. The Morgan fingerprint density at radius 1 is 1.41 bits per heavy atom. The van der Waals surface area contributed by atoms with Crippen LogP contribution >= 0.6 is 11.6 Å². The first-order valence-electron chi connectivity index (χ1n) is 5.22. The molecule has 92 valence electrons. The smallest absolute Gasteiger partial charge is 0.336 e. The SMILES string of the molecule is C=C(C(=O)OCN(C)C)C(Cl)c1ccccc1. The van der Waals surface area contributed by atoms with Crippen molar-refractivity contribution in [1.82, 2.24) is 4.90 Å². The van der Waals surface area contributed by atoms with Crippen LogP contribution in [0.25, 0.3) is 0 Å². The van der Waals surface area contributed by atoms with Gasteiger partial charge in [-0.15, -0.1) is 11.6 Å². The average molecular weight is 254 g/mol. The Hall–Kier alpha value is -1.32. The number of hydrogen-bond acceptors (Lipinski definition) is 3. The molecule has 1 atom stereocenters. The topological polar surface area (TPSA) is 29.5 Å². The Kier molecular flexibility index (Phi) is 5.19. The average Bonchev–Trinajstić information content (AvgIpc) is 2.35. The molecule has 0 amide bonds. The van der Waals surface area contributed by atoms with Gasteiger partial charge in [0, 0.05) is 0 Å². The maximum absolute atomic E-state index is 11.6. The lowest BCUT2D eigenvalue weighted by Gasteiger charge is -2.14. The van der Waals surface area contributed by atoms with Gasteiger partial charge in [-0.25, -0.2) is 4.79 Å². The molecule has 1 rings (SSSR count). The van der Waals surface area contributed by atoms with Gasteiger partial charge in [-0.3, -0.25) is 4.90 Å². The van der Waals surface area contributed by atoms with Gasteiger partial charge >= 0.3 is 5.97 Å². The van der Waals surface area contributed by atoms with Crippen molar-refractivity contribution in [1.29, 1.82) is 0 Å². The highest BCUT2D eigenvalue weighted by Crippen LogP contribution is 2.27. The van der Waals surface area contributed by atoms with E-state index in [1.807, 2.05) is 44.4 Å². The van der Waals surface area contributed by atoms with Crippen molar-refractivity contribution in [3.05, 3.63) is 48.0 Å². The Labute approximate surface area is 107 Å². The second-order valence-electron chi connectivity index (χ2n) is 3.94. The molecule has 0 aromatic heterocycles. The van der Waals surface area contributed by atoms with E-state index in [1.54, 1.807) is 4.90 Å². The maximum Gasteiger partial charge on any atom is 0.336 e. The van der Waals surface area contributed by atoms with E-state index in [0.29, 0.717) is 0 Å². The molecule has 0 aliphatic carbocycles. The van der Waals surface area contributed by atoms with E-state index < -0.39 is 11.3 Å². The van der Waals surface area contributed by atoms with Crippen LogP contribution in [0.15, 0.2) is 42.5 Å². The van der Waals surface area contributed by atoms with Gasteiger partial charge in [0.05, 0.1) is 11.0 Å². The summed E-state index contributed by atoms with van der Waals surface area (Å²) in [6.45, 7) is 3.90. The highest BCUT2D eigenvalue weighted by molar-refractivity contribution is 6.25. The van der Waals surface area contributed by atoms with Gasteiger partial charge in [0.15, 0.2) is 0 Å². The van der Waals surface area contributed by atoms with Gasteiger partial charge in [-0.1, -0.05) is 36.9 Å². The molecule has 0 fully saturated rings. The second-order valence-corrected chi connectivity index (χ2v) is 4.38. The van der Waals surface area contributed by atoms with Gasteiger partial charge in [-0.05, 0) is 19.7 Å². The summed E-state index contributed by atoms with van der Waals surface area (Å²) in [7, 11) is 3.62. The number of carbonyl (C=O) groups is 1. The first-order chi connectivity index (χ1) is 8.02. The molecule has 0 N–H and O–H groups in total. The molecule has 0 spiro atoms. The number of benzene rings is 1. The highest BCUT2D eigenvalue weighted by atomic mass is 35.5. The molecule has 0 heterocycles. The minimum absolute atomic E-state index is 0.219. The van der Waals surface area contributed by atoms with Crippen molar-refractivity contribution < 1.29 is 9.53 Å². The van der Waals surface area contributed by atoms with Crippen LogP contribution in [0.5, 0.6) is 0 Å². The molecular weight excluding hydrogens is 238 g/mol. The van der Waals surface area contributed by atoms with Crippen LogP contribution in [0.3, 0.4) is 0 Å². The Balaban J connectivity index is 2.61. The largest absolute Gasteiger partial charge is 0.446 e. The van der Waals surface area contributed by atoms with Crippen LogP contribution in [0.4, 0.5) is 0 Å². The van der Waals surface area contributed by atoms with Gasteiger partial charge in [0.1, 0.15) is 6.73 Å². The lowest BCUT2D eigenvalue weighted by molar-refractivity contribution is -0.142. The molecule has 0 aliphatic heterocycles. The molecule has 1 aromatic carbocycles. The lowest BCUT2D eigenvalue weighted by atomic mass is 10.1. The predicted octanol–water partition coefficient (Wildman–Crippen LogP) is 2.59. The summed E-state index contributed by atoms with van der Waals surface area (Å²) < 4.78 is 5.01. The normalized spacial score (nSPS) is 12.2. The van der Waals surface area contributed by atoms with E-state index >= 15 is 0 Å². The summed E-state index contributed by atoms with van der Waals surface area (Å²) in [5, 5.41) is -0.550. The van der Waals surface area contributed by atoms with Crippen LogP contribution in [0.2, 0.25) is 0 Å². The zero-order chi connectivity index (χ0) is 12.8. The van der Waals surface area contributed by atoms with Gasteiger partial charge < -0.3 is 4.74 Å². The molecule has 0 aliphatic rings. The number of nitrogens with zero attached hydrogens (tertiary/aromatic N) is 1. The van der Waals surface area contributed by atoms with E-state index in [1.165, 1.54) is 0 Å². The van der Waals surface area contributed by atoms with Crippen molar-refractivity contribution >= 4 is 17.6 Å². The monoisotopic (exact) mass is 253 g/mol. The summed E-state index contributed by atoms with van der Waals surface area (Å²) in [4.78, 5) is 13.4. The van der Waals surface area contributed by atoms with E-state index in [4.69, 9.17) is 16.3 Å².